The second kappa shape index (κ2) is 10.8. The first kappa shape index (κ1) is 27.3. The summed E-state index contributed by atoms with van der Waals surface area (Å²) in [5.74, 6) is -0.977. The van der Waals surface area contributed by atoms with Crippen LogP contribution in [0.5, 0.6) is 5.75 Å². The molecule has 3 rings (SSSR count). The van der Waals surface area contributed by atoms with Crippen molar-refractivity contribution in [2.45, 2.75) is 19.6 Å². The number of carbonyl (C=O) groups excluding carboxylic acids is 1. The summed E-state index contributed by atoms with van der Waals surface area (Å²) in [6, 6.07) is 12.0. The number of carbonyl (C=O) groups is 1. The van der Waals surface area contributed by atoms with Crippen LogP contribution < -0.4 is 14.4 Å². The quantitative estimate of drug-likeness (QED) is 0.347. The summed E-state index contributed by atoms with van der Waals surface area (Å²) in [6.07, 6.45) is -3.73. The maximum atomic E-state index is 13.4. The standard InChI is InChI=1S/C24H21ClF4N2O4S/c1-3-35-22-11-4-15(23(32)30-18-7-10-21(25)20(13-18)24(27,28)29)12-16(22)14-31(36(2,33)34)19-8-5-17(26)6-9-19/h4-13H,3,14H2,1-2H3,(H,30,32). The molecule has 3 aromatic carbocycles. The second-order valence-corrected chi connectivity index (χ2v) is 9.96. The van der Waals surface area contributed by atoms with Crippen LogP contribution >= 0.6 is 11.6 Å². The maximum absolute atomic E-state index is 13.4. The van der Waals surface area contributed by atoms with Crippen LogP contribution in [0.3, 0.4) is 0 Å². The molecule has 0 radical (unpaired) electrons. The van der Waals surface area contributed by atoms with Gasteiger partial charge < -0.3 is 10.1 Å². The summed E-state index contributed by atoms with van der Waals surface area (Å²) in [5.41, 5.74) is -0.679. The van der Waals surface area contributed by atoms with Crippen LogP contribution in [0.1, 0.15) is 28.4 Å². The van der Waals surface area contributed by atoms with Crippen LogP contribution in [0.4, 0.5) is 28.9 Å². The lowest BCUT2D eigenvalue weighted by Gasteiger charge is -2.24. The fraction of sp³-hybridized carbons (Fsp3) is 0.208. The predicted molar refractivity (Wildman–Crippen MR) is 129 cm³/mol. The highest BCUT2D eigenvalue weighted by Gasteiger charge is 2.33. The molecule has 0 fully saturated rings. The second-order valence-electron chi connectivity index (χ2n) is 7.65. The zero-order valence-corrected chi connectivity index (χ0v) is 20.6. The molecule has 0 heterocycles. The lowest BCUT2D eigenvalue weighted by atomic mass is 10.1. The number of sulfonamides is 1. The first-order chi connectivity index (χ1) is 16.8. The van der Waals surface area contributed by atoms with E-state index in [-0.39, 0.29) is 30.1 Å². The van der Waals surface area contributed by atoms with Gasteiger partial charge in [0.1, 0.15) is 11.6 Å². The van der Waals surface area contributed by atoms with E-state index < -0.39 is 38.5 Å². The molecule has 0 unspecified atom stereocenters. The lowest BCUT2D eigenvalue weighted by Crippen LogP contribution is -2.29. The van der Waals surface area contributed by atoms with Crippen molar-refractivity contribution in [3.8, 4) is 5.75 Å². The molecule has 36 heavy (non-hydrogen) atoms. The van der Waals surface area contributed by atoms with Gasteiger partial charge in [-0.2, -0.15) is 13.2 Å². The largest absolute Gasteiger partial charge is 0.494 e. The molecule has 6 nitrogen and oxygen atoms in total. The molecule has 1 N–H and O–H groups in total. The molecule has 12 heteroatoms. The number of alkyl halides is 3. The molecule has 0 spiro atoms. The van der Waals surface area contributed by atoms with E-state index in [9.17, 15) is 30.8 Å². The molecule has 192 valence electrons. The first-order valence-corrected chi connectivity index (χ1v) is 12.7. The van der Waals surface area contributed by atoms with E-state index in [0.29, 0.717) is 11.3 Å². The Morgan fingerprint density at radius 1 is 1.06 bits per heavy atom. The summed E-state index contributed by atoms with van der Waals surface area (Å²) in [6.45, 7) is 1.72. The van der Waals surface area contributed by atoms with E-state index in [4.69, 9.17) is 16.3 Å². The molecule has 0 saturated heterocycles. The predicted octanol–water partition coefficient (Wildman–Crippen LogP) is 6.12. The van der Waals surface area contributed by atoms with Gasteiger partial charge in [-0.05, 0) is 67.6 Å². The molecule has 3 aromatic rings. The highest BCUT2D eigenvalue weighted by molar-refractivity contribution is 7.92. The maximum Gasteiger partial charge on any atom is 0.417 e. The number of hydrogen-bond acceptors (Lipinski definition) is 4. The average Bonchev–Trinajstić information content (AvgIpc) is 2.79. The zero-order valence-electron chi connectivity index (χ0n) is 19.1. The minimum Gasteiger partial charge on any atom is -0.494 e. The smallest absolute Gasteiger partial charge is 0.417 e. The Labute approximate surface area is 210 Å². The van der Waals surface area contributed by atoms with Crippen molar-refractivity contribution < 1.29 is 35.5 Å². The third-order valence-corrected chi connectivity index (χ3v) is 6.45. The van der Waals surface area contributed by atoms with E-state index in [0.717, 1.165) is 34.8 Å². The molecular weight excluding hydrogens is 524 g/mol. The van der Waals surface area contributed by atoms with E-state index in [1.165, 1.54) is 36.4 Å². The molecule has 0 aliphatic rings. The van der Waals surface area contributed by atoms with Crippen LogP contribution in [0.25, 0.3) is 0 Å². The van der Waals surface area contributed by atoms with Gasteiger partial charge in [0, 0.05) is 16.8 Å². The molecule has 0 saturated carbocycles. The third-order valence-electron chi connectivity index (χ3n) is 4.98. The number of rotatable bonds is 8. The van der Waals surface area contributed by atoms with Gasteiger partial charge in [-0.1, -0.05) is 11.6 Å². The highest BCUT2D eigenvalue weighted by Crippen LogP contribution is 2.36. The van der Waals surface area contributed by atoms with Gasteiger partial charge in [0.25, 0.3) is 5.91 Å². The average molecular weight is 545 g/mol. The summed E-state index contributed by atoms with van der Waals surface area (Å²) in [7, 11) is -3.83. The van der Waals surface area contributed by atoms with Crippen molar-refractivity contribution in [3.05, 3.63) is 88.2 Å². The van der Waals surface area contributed by atoms with Crippen molar-refractivity contribution in [1.82, 2.24) is 0 Å². The van der Waals surface area contributed by atoms with Crippen molar-refractivity contribution >= 4 is 38.9 Å². The number of anilines is 2. The number of hydrogen-bond donors (Lipinski definition) is 1. The van der Waals surface area contributed by atoms with Crippen molar-refractivity contribution in [2.24, 2.45) is 0 Å². The minimum absolute atomic E-state index is 0.0459. The summed E-state index contributed by atoms with van der Waals surface area (Å²) < 4.78 is 84.4. The fourth-order valence-electron chi connectivity index (χ4n) is 3.33. The SMILES string of the molecule is CCOc1ccc(C(=O)Nc2ccc(Cl)c(C(F)(F)F)c2)cc1CN(c1ccc(F)cc1)S(C)(=O)=O. The molecule has 1 amide bonds. The Bertz CT molecular complexity index is 1360. The number of nitrogens with zero attached hydrogens (tertiary/aromatic N) is 1. The van der Waals surface area contributed by atoms with Crippen LogP contribution in [-0.2, 0) is 22.7 Å². The van der Waals surface area contributed by atoms with Crippen LogP contribution in [-0.4, -0.2) is 27.2 Å². The lowest BCUT2D eigenvalue weighted by molar-refractivity contribution is -0.137. The zero-order chi connectivity index (χ0) is 26.7. The monoisotopic (exact) mass is 544 g/mol. The number of nitrogens with one attached hydrogen (secondary N) is 1. The van der Waals surface area contributed by atoms with Crippen LogP contribution in [0, 0.1) is 5.82 Å². The summed E-state index contributed by atoms with van der Waals surface area (Å²) >= 11 is 5.63. The minimum atomic E-state index is -4.71. The van der Waals surface area contributed by atoms with Crippen molar-refractivity contribution in [3.63, 3.8) is 0 Å². The van der Waals surface area contributed by atoms with Gasteiger partial charge in [0.2, 0.25) is 10.0 Å². The van der Waals surface area contributed by atoms with Crippen molar-refractivity contribution in [1.29, 1.82) is 0 Å². The van der Waals surface area contributed by atoms with Crippen LogP contribution in [0.15, 0.2) is 60.7 Å². The molecule has 0 bridgehead atoms. The van der Waals surface area contributed by atoms with Gasteiger partial charge in [-0.15, -0.1) is 0 Å². The fourth-order valence-corrected chi connectivity index (χ4v) is 4.43. The van der Waals surface area contributed by atoms with Crippen LogP contribution in [0.2, 0.25) is 5.02 Å². The number of ether oxygens (including phenoxy) is 1. The Morgan fingerprint density at radius 3 is 2.31 bits per heavy atom. The van der Waals surface area contributed by atoms with Crippen molar-refractivity contribution in [2.75, 3.05) is 22.5 Å². The van der Waals surface area contributed by atoms with Gasteiger partial charge in [0.15, 0.2) is 0 Å². The third kappa shape index (κ3) is 6.67. The Balaban J connectivity index is 1.95. The number of benzene rings is 3. The van der Waals surface area contributed by atoms with E-state index in [1.54, 1.807) is 6.92 Å². The summed E-state index contributed by atoms with van der Waals surface area (Å²) in [5, 5.41) is 1.88. The normalized spacial score (nSPS) is 11.8. The topological polar surface area (TPSA) is 75.7 Å². The molecule has 0 aromatic heterocycles. The van der Waals surface area contributed by atoms with E-state index >= 15 is 0 Å². The van der Waals surface area contributed by atoms with E-state index in [1.807, 2.05) is 0 Å². The highest BCUT2D eigenvalue weighted by atomic mass is 35.5. The Morgan fingerprint density at radius 2 is 1.72 bits per heavy atom. The van der Waals surface area contributed by atoms with Gasteiger partial charge >= 0.3 is 6.18 Å². The number of amides is 1. The molecule has 0 aliphatic carbocycles. The molecule has 0 aliphatic heterocycles. The number of halogens is 5. The summed E-state index contributed by atoms with van der Waals surface area (Å²) in [4.78, 5) is 12.8. The Kier molecular flexibility index (Phi) is 8.15. The molecule has 0 atom stereocenters. The van der Waals surface area contributed by atoms with Gasteiger partial charge in [-0.3, -0.25) is 9.10 Å². The molecular formula is C24H21ClF4N2O4S. The van der Waals surface area contributed by atoms with E-state index in [2.05, 4.69) is 5.32 Å². The first-order valence-electron chi connectivity index (χ1n) is 10.5. The Hall–Kier alpha value is -3.31. The van der Waals surface area contributed by atoms with Gasteiger partial charge in [0.05, 0.1) is 35.7 Å². The van der Waals surface area contributed by atoms with Gasteiger partial charge in [-0.25, -0.2) is 12.8 Å².